The molecule has 0 aliphatic carbocycles. The highest BCUT2D eigenvalue weighted by Crippen LogP contribution is 2.08. The molecule has 1 aromatic carbocycles. The largest absolute Gasteiger partial charge is 0.379 e. The topological polar surface area (TPSA) is 72.3 Å². The molecule has 2 heterocycles. The number of aryl methyl sites for hydroxylation is 1. The maximum absolute atomic E-state index is 12.1. The molecule has 1 saturated heterocycles. The maximum Gasteiger partial charge on any atom is 0.273 e. The average Bonchev–Trinajstić information content (AvgIpc) is 3.07. The van der Waals surface area contributed by atoms with E-state index in [2.05, 4.69) is 39.6 Å². The van der Waals surface area contributed by atoms with E-state index < -0.39 is 0 Å². The van der Waals surface area contributed by atoms with Gasteiger partial charge in [-0.15, -0.1) is 5.10 Å². The van der Waals surface area contributed by atoms with E-state index in [1.165, 1.54) is 11.1 Å². The van der Waals surface area contributed by atoms with Crippen molar-refractivity contribution in [3.8, 4) is 0 Å². The maximum atomic E-state index is 12.1. The van der Waals surface area contributed by atoms with Gasteiger partial charge in [0, 0.05) is 26.2 Å². The molecule has 0 bridgehead atoms. The predicted octanol–water partition coefficient (Wildman–Crippen LogP) is 0.697. The van der Waals surface area contributed by atoms with Crippen LogP contribution >= 0.6 is 0 Å². The summed E-state index contributed by atoms with van der Waals surface area (Å²) in [6.45, 7) is 7.47. The molecule has 1 aliphatic heterocycles. The zero-order valence-corrected chi connectivity index (χ0v) is 13.9. The van der Waals surface area contributed by atoms with Crippen LogP contribution in [0.5, 0.6) is 0 Å². The number of morpholine rings is 1. The van der Waals surface area contributed by atoms with Crippen molar-refractivity contribution < 1.29 is 9.53 Å². The summed E-state index contributed by atoms with van der Waals surface area (Å²) >= 11 is 0. The molecule has 24 heavy (non-hydrogen) atoms. The zero-order valence-electron chi connectivity index (χ0n) is 13.9. The van der Waals surface area contributed by atoms with Gasteiger partial charge in [0.25, 0.3) is 5.91 Å². The Morgan fingerprint density at radius 1 is 1.29 bits per heavy atom. The van der Waals surface area contributed by atoms with Crippen molar-refractivity contribution in [3.63, 3.8) is 0 Å². The highest BCUT2D eigenvalue weighted by Gasteiger charge is 2.13. The van der Waals surface area contributed by atoms with Gasteiger partial charge in [0.15, 0.2) is 5.69 Å². The second-order valence-corrected chi connectivity index (χ2v) is 5.94. The molecule has 1 amide bonds. The number of rotatable bonds is 6. The van der Waals surface area contributed by atoms with Crippen LogP contribution in [0.2, 0.25) is 0 Å². The van der Waals surface area contributed by atoms with Crippen LogP contribution < -0.4 is 5.32 Å². The van der Waals surface area contributed by atoms with Gasteiger partial charge in [-0.2, -0.15) is 0 Å². The van der Waals surface area contributed by atoms with E-state index in [-0.39, 0.29) is 5.91 Å². The smallest absolute Gasteiger partial charge is 0.273 e. The van der Waals surface area contributed by atoms with Crippen LogP contribution in [-0.2, 0) is 11.3 Å². The summed E-state index contributed by atoms with van der Waals surface area (Å²) in [6.07, 6.45) is 1.69. The third kappa shape index (κ3) is 4.39. The molecule has 0 saturated carbocycles. The van der Waals surface area contributed by atoms with Gasteiger partial charge >= 0.3 is 0 Å². The second-order valence-electron chi connectivity index (χ2n) is 5.94. The van der Waals surface area contributed by atoms with Crippen LogP contribution in [0.1, 0.15) is 21.6 Å². The Bertz CT molecular complexity index is 679. The van der Waals surface area contributed by atoms with Crippen molar-refractivity contribution in [2.45, 2.75) is 13.5 Å². The quantitative estimate of drug-likeness (QED) is 0.844. The summed E-state index contributed by atoms with van der Waals surface area (Å²) in [5, 5.41) is 10.9. The number of aromatic nitrogens is 3. The Balaban J connectivity index is 1.49. The fourth-order valence-corrected chi connectivity index (χ4v) is 2.68. The van der Waals surface area contributed by atoms with E-state index in [4.69, 9.17) is 4.74 Å². The molecule has 7 nitrogen and oxygen atoms in total. The monoisotopic (exact) mass is 329 g/mol. The molecule has 0 radical (unpaired) electrons. The Labute approximate surface area is 141 Å². The van der Waals surface area contributed by atoms with Crippen LogP contribution in [0.25, 0.3) is 0 Å². The zero-order chi connectivity index (χ0) is 16.8. The Morgan fingerprint density at radius 3 is 2.88 bits per heavy atom. The Hall–Kier alpha value is -2.25. The van der Waals surface area contributed by atoms with Gasteiger partial charge in [-0.25, -0.2) is 4.68 Å². The van der Waals surface area contributed by atoms with E-state index in [1.54, 1.807) is 10.9 Å². The van der Waals surface area contributed by atoms with Gasteiger partial charge in [-0.3, -0.25) is 9.69 Å². The van der Waals surface area contributed by atoms with Gasteiger partial charge < -0.3 is 10.1 Å². The summed E-state index contributed by atoms with van der Waals surface area (Å²) in [6, 6.07) is 8.12. The molecular formula is C17H23N5O2. The van der Waals surface area contributed by atoms with E-state index in [0.29, 0.717) is 18.8 Å². The standard InChI is InChI=1S/C17H23N5O2/c1-14-4-2-3-5-15(14)12-22-13-16(19-20-22)17(23)18-6-7-21-8-10-24-11-9-21/h2-5,13H,6-12H2,1H3,(H,18,23). The summed E-state index contributed by atoms with van der Waals surface area (Å²) in [5.74, 6) is -0.181. The van der Waals surface area contributed by atoms with Crippen LogP contribution in [0.15, 0.2) is 30.5 Å². The fourth-order valence-electron chi connectivity index (χ4n) is 2.68. The van der Waals surface area contributed by atoms with E-state index >= 15 is 0 Å². The normalized spacial score (nSPS) is 15.4. The first-order valence-corrected chi connectivity index (χ1v) is 8.25. The number of nitrogens with zero attached hydrogens (tertiary/aromatic N) is 4. The van der Waals surface area contributed by atoms with Gasteiger partial charge in [0.05, 0.1) is 26.0 Å². The molecular weight excluding hydrogens is 306 g/mol. The van der Waals surface area contributed by atoms with Gasteiger partial charge in [0.2, 0.25) is 0 Å². The molecule has 0 unspecified atom stereocenters. The molecule has 0 spiro atoms. The lowest BCUT2D eigenvalue weighted by molar-refractivity contribution is 0.0383. The van der Waals surface area contributed by atoms with Gasteiger partial charge in [0.1, 0.15) is 0 Å². The first kappa shape index (κ1) is 16.6. The minimum Gasteiger partial charge on any atom is -0.379 e. The molecule has 0 atom stereocenters. The number of amides is 1. The Kier molecular flexibility index (Phi) is 5.55. The highest BCUT2D eigenvalue weighted by molar-refractivity contribution is 5.91. The molecule has 3 rings (SSSR count). The van der Waals surface area contributed by atoms with E-state index in [9.17, 15) is 4.79 Å². The van der Waals surface area contributed by atoms with E-state index in [0.717, 1.165) is 32.8 Å². The first-order valence-electron chi connectivity index (χ1n) is 8.25. The number of hydrogen-bond donors (Lipinski definition) is 1. The highest BCUT2D eigenvalue weighted by atomic mass is 16.5. The van der Waals surface area contributed by atoms with Gasteiger partial charge in [-0.1, -0.05) is 29.5 Å². The van der Waals surface area contributed by atoms with Gasteiger partial charge in [-0.05, 0) is 18.1 Å². The number of carbonyl (C=O) groups excluding carboxylic acids is 1. The second kappa shape index (κ2) is 8.03. The van der Waals surface area contributed by atoms with Crippen molar-refractivity contribution in [1.82, 2.24) is 25.2 Å². The average molecular weight is 329 g/mol. The molecule has 128 valence electrons. The van der Waals surface area contributed by atoms with Crippen LogP contribution in [0.4, 0.5) is 0 Å². The molecule has 7 heteroatoms. The number of carbonyl (C=O) groups is 1. The van der Waals surface area contributed by atoms with Crippen LogP contribution in [0, 0.1) is 6.92 Å². The number of benzene rings is 1. The number of ether oxygens (including phenoxy) is 1. The third-order valence-corrected chi connectivity index (χ3v) is 4.18. The lowest BCUT2D eigenvalue weighted by atomic mass is 10.1. The Morgan fingerprint density at radius 2 is 2.08 bits per heavy atom. The number of nitrogens with one attached hydrogen (secondary N) is 1. The summed E-state index contributed by atoms with van der Waals surface area (Å²) in [4.78, 5) is 14.4. The van der Waals surface area contributed by atoms with Crippen LogP contribution in [0.3, 0.4) is 0 Å². The molecule has 2 aromatic rings. The van der Waals surface area contributed by atoms with Crippen molar-refractivity contribution in [2.75, 3.05) is 39.4 Å². The van der Waals surface area contributed by atoms with Crippen LogP contribution in [-0.4, -0.2) is 65.2 Å². The lowest BCUT2D eigenvalue weighted by Crippen LogP contribution is -2.41. The third-order valence-electron chi connectivity index (χ3n) is 4.18. The summed E-state index contributed by atoms with van der Waals surface area (Å²) in [5.41, 5.74) is 2.72. The minimum absolute atomic E-state index is 0.181. The molecule has 1 aromatic heterocycles. The lowest BCUT2D eigenvalue weighted by Gasteiger charge is -2.26. The van der Waals surface area contributed by atoms with E-state index in [1.807, 2.05) is 12.1 Å². The summed E-state index contributed by atoms with van der Waals surface area (Å²) in [7, 11) is 0. The fraction of sp³-hybridized carbons (Fsp3) is 0.471. The van der Waals surface area contributed by atoms with Crippen molar-refractivity contribution in [1.29, 1.82) is 0 Å². The van der Waals surface area contributed by atoms with Crippen molar-refractivity contribution in [2.24, 2.45) is 0 Å². The SMILES string of the molecule is Cc1ccccc1Cn1cc(C(=O)NCCN2CCOCC2)nn1. The summed E-state index contributed by atoms with van der Waals surface area (Å²) < 4.78 is 7.00. The number of hydrogen-bond acceptors (Lipinski definition) is 5. The van der Waals surface area contributed by atoms with Crippen molar-refractivity contribution >= 4 is 5.91 Å². The van der Waals surface area contributed by atoms with Crippen molar-refractivity contribution in [3.05, 3.63) is 47.3 Å². The predicted molar refractivity (Wildman–Crippen MR) is 89.9 cm³/mol. The molecule has 1 aliphatic rings. The minimum atomic E-state index is -0.181. The molecule has 1 N–H and O–H groups in total. The first-order chi connectivity index (χ1) is 11.7. The molecule has 1 fully saturated rings.